The lowest BCUT2D eigenvalue weighted by atomic mass is 9.99. The van der Waals surface area contributed by atoms with E-state index in [1.807, 2.05) is 41.0 Å². The van der Waals surface area contributed by atoms with Gasteiger partial charge in [0, 0.05) is 10.8 Å². The number of likely N-dealkylation sites (tertiary alicyclic amines) is 1. The van der Waals surface area contributed by atoms with E-state index in [9.17, 15) is 4.79 Å². The molecule has 4 rings (SSSR count). The highest BCUT2D eigenvalue weighted by atomic mass is 35.5. The van der Waals surface area contributed by atoms with Crippen molar-refractivity contribution in [3.05, 3.63) is 48.5 Å². The van der Waals surface area contributed by atoms with Gasteiger partial charge in [-0.25, -0.2) is 0 Å². The smallest absolute Gasteiger partial charge is 0.245 e. The lowest BCUT2D eigenvalue weighted by molar-refractivity contribution is 0.0828. The molecule has 0 aliphatic carbocycles. The summed E-state index contributed by atoms with van der Waals surface area (Å²) in [5, 5.41) is 2.31. The zero-order valence-corrected chi connectivity index (χ0v) is 14.8. The van der Waals surface area contributed by atoms with Gasteiger partial charge in [-0.2, -0.15) is 0 Å². The van der Waals surface area contributed by atoms with Crippen molar-refractivity contribution in [3.8, 4) is 0 Å². The molecule has 1 aliphatic rings. The second kappa shape index (κ2) is 6.96. The number of halogens is 1. The van der Waals surface area contributed by atoms with Crippen molar-refractivity contribution in [3.63, 3.8) is 0 Å². The van der Waals surface area contributed by atoms with Crippen molar-refractivity contribution >= 4 is 40.1 Å². The van der Waals surface area contributed by atoms with Gasteiger partial charge in [0.15, 0.2) is 0 Å². The van der Waals surface area contributed by atoms with Crippen LogP contribution in [0.25, 0.3) is 21.8 Å². The van der Waals surface area contributed by atoms with E-state index in [0.29, 0.717) is 6.54 Å². The third-order valence-corrected chi connectivity index (χ3v) is 5.06. The Morgan fingerprint density at radius 2 is 1.46 bits per heavy atom. The number of aromatic nitrogens is 1. The molecule has 3 nitrogen and oxygen atoms in total. The number of hydrogen-bond donors (Lipinski definition) is 0. The number of nitrogens with zero attached hydrogens (tertiary/aromatic N) is 2. The van der Waals surface area contributed by atoms with E-state index in [2.05, 4.69) is 24.0 Å². The predicted molar refractivity (Wildman–Crippen MR) is 102 cm³/mol. The highest BCUT2D eigenvalue weighted by Crippen LogP contribution is 2.28. The van der Waals surface area contributed by atoms with Crippen LogP contribution in [0.4, 0.5) is 0 Å². The fourth-order valence-electron chi connectivity index (χ4n) is 3.67. The highest BCUT2D eigenvalue weighted by Gasteiger charge is 2.21. The third kappa shape index (κ3) is 2.94. The second-order valence-electron chi connectivity index (χ2n) is 6.72. The maximum atomic E-state index is 13.0. The normalized spacial score (nSPS) is 16.4. The van der Waals surface area contributed by atoms with Gasteiger partial charge in [-0.1, -0.05) is 43.3 Å². The minimum Gasteiger partial charge on any atom is -0.294 e. The van der Waals surface area contributed by atoms with E-state index >= 15 is 0 Å². The zero-order valence-electron chi connectivity index (χ0n) is 13.9. The molecular formula is C20H23ClN2O. The van der Waals surface area contributed by atoms with Crippen LogP contribution < -0.4 is 0 Å². The Kier molecular flexibility index (Phi) is 4.93. The van der Waals surface area contributed by atoms with Gasteiger partial charge in [0.05, 0.1) is 17.6 Å². The van der Waals surface area contributed by atoms with Crippen LogP contribution >= 0.6 is 12.4 Å². The van der Waals surface area contributed by atoms with Gasteiger partial charge in [0.1, 0.15) is 0 Å². The van der Waals surface area contributed by atoms with E-state index in [4.69, 9.17) is 0 Å². The SMILES string of the molecule is CC1CCN(CC(=O)n2c3ccccc3c3ccccc32)CC1.Cl. The van der Waals surface area contributed by atoms with Crippen molar-refractivity contribution in [2.75, 3.05) is 19.6 Å². The van der Waals surface area contributed by atoms with Crippen LogP contribution in [0.1, 0.15) is 24.6 Å². The summed E-state index contributed by atoms with van der Waals surface area (Å²) in [6.45, 7) is 4.87. The van der Waals surface area contributed by atoms with Gasteiger partial charge in [0.2, 0.25) is 5.91 Å². The molecule has 0 spiro atoms. The largest absolute Gasteiger partial charge is 0.294 e. The molecule has 0 radical (unpaired) electrons. The zero-order chi connectivity index (χ0) is 15.8. The first kappa shape index (κ1) is 17.0. The lowest BCUT2D eigenvalue weighted by Crippen LogP contribution is -2.38. The quantitative estimate of drug-likeness (QED) is 0.680. The third-order valence-electron chi connectivity index (χ3n) is 5.06. The number of rotatable bonds is 2. The first-order valence-corrected chi connectivity index (χ1v) is 8.48. The minimum atomic E-state index is 0. The molecular weight excluding hydrogens is 320 g/mol. The first-order chi connectivity index (χ1) is 11.2. The second-order valence-corrected chi connectivity index (χ2v) is 6.72. The molecule has 0 bridgehead atoms. The number of carbonyl (C=O) groups excluding carboxylic acids is 1. The van der Waals surface area contributed by atoms with Crippen LogP contribution in [0.2, 0.25) is 0 Å². The van der Waals surface area contributed by atoms with Crippen LogP contribution in [0, 0.1) is 5.92 Å². The first-order valence-electron chi connectivity index (χ1n) is 8.48. The fraction of sp³-hybridized carbons (Fsp3) is 0.350. The van der Waals surface area contributed by atoms with Gasteiger partial charge in [-0.15, -0.1) is 12.4 Å². The lowest BCUT2D eigenvalue weighted by Gasteiger charge is -2.29. The maximum absolute atomic E-state index is 13.0. The minimum absolute atomic E-state index is 0. The molecule has 1 aromatic heterocycles. The molecule has 0 N–H and O–H groups in total. The summed E-state index contributed by atoms with van der Waals surface area (Å²) in [5.41, 5.74) is 2.04. The number of hydrogen-bond acceptors (Lipinski definition) is 2. The van der Waals surface area contributed by atoms with Gasteiger partial charge in [-0.3, -0.25) is 14.3 Å². The molecule has 0 saturated carbocycles. The Hall–Kier alpha value is -1.84. The highest BCUT2D eigenvalue weighted by molar-refractivity contribution is 6.13. The Balaban J connectivity index is 0.00000169. The summed E-state index contributed by atoms with van der Waals surface area (Å²) in [5.74, 6) is 0.964. The summed E-state index contributed by atoms with van der Waals surface area (Å²) in [6.07, 6.45) is 2.39. The van der Waals surface area contributed by atoms with Crippen LogP contribution in [0.15, 0.2) is 48.5 Å². The monoisotopic (exact) mass is 342 g/mol. The standard InChI is InChI=1S/C20H22N2O.ClH/c1-15-10-12-21(13-11-15)14-20(23)22-18-8-4-2-6-16(18)17-7-3-5-9-19(17)22;/h2-9,15H,10-14H2,1H3;1H. The molecule has 0 amide bonds. The Labute approximate surface area is 148 Å². The van der Waals surface area contributed by atoms with Crippen LogP contribution in [-0.4, -0.2) is 35.0 Å². The molecule has 1 saturated heterocycles. The molecule has 3 aromatic rings. The van der Waals surface area contributed by atoms with Gasteiger partial charge in [0.25, 0.3) is 0 Å². The number of benzene rings is 2. The Morgan fingerprint density at radius 1 is 0.958 bits per heavy atom. The molecule has 2 heterocycles. The van der Waals surface area contributed by atoms with Crippen LogP contribution in [-0.2, 0) is 0 Å². The molecule has 4 heteroatoms. The average molecular weight is 343 g/mol. The van der Waals surface area contributed by atoms with E-state index in [0.717, 1.165) is 40.8 Å². The molecule has 24 heavy (non-hydrogen) atoms. The van der Waals surface area contributed by atoms with Crippen molar-refractivity contribution in [1.82, 2.24) is 9.47 Å². The molecule has 2 aromatic carbocycles. The molecule has 1 fully saturated rings. The number of para-hydroxylation sites is 2. The van der Waals surface area contributed by atoms with Crippen molar-refractivity contribution < 1.29 is 4.79 Å². The summed E-state index contributed by atoms with van der Waals surface area (Å²) < 4.78 is 1.91. The van der Waals surface area contributed by atoms with Crippen molar-refractivity contribution in [2.45, 2.75) is 19.8 Å². The number of fused-ring (bicyclic) bond motifs is 3. The molecule has 126 valence electrons. The summed E-state index contributed by atoms with van der Waals surface area (Å²) in [7, 11) is 0. The topological polar surface area (TPSA) is 25.2 Å². The van der Waals surface area contributed by atoms with Crippen LogP contribution in [0.5, 0.6) is 0 Å². The molecule has 0 atom stereocenters. The van der Waals surface area contributed by atoms with Crippen molar-refractivity contribution in [1.29, 1.82) is 0 Å². The predicted octanol–water partition coefficient (Wildman–Crippen LogP) is 4.59. The van der Waals surface area contributed by atoms with Gasteiger partial charge < -0.3 is 0 Å². The molecule has 1 aliphatic heterocycles. The van der Waals surface area contributed by atoms with E-state index in [1.54, 1.807) is 0 Å². The van der Waals surface area contributed by atoms with Crippen LogP contribution in [0.3, 0.4) is 0 Å². The fourth-order valence-corrected chi connectivity index (χ4v) is 3.67. The van der Waals surface area contributed by atoms with E-state index < -0.39 is 0 Å². The Bertz CT molecular complexity index is 809. The van der Waals surface area contributed by atoms with Gasteiger partial charge in [-0.05, 0) is 44.0 Å². The molecule has 0 unspecified atom stereocenters. The van der Waals surface area contributed by atoms with Gasteiger partial charge >= 0.3 is 0 Å². The number of carbonyl (C=O) groups is 1. The van der Waals surface area contributed by atoms with E-state index in [1.165, 1.54) is 12.8 Å². The average Bonchev–Trinajstić information content (AvgIpc) is 2.91. The number of piperidine rings is 1. The van der Waals surface area contributed by atoms with Crippen molar-refractivity contribution in [2.24, 2.45) is 5.92 Å². The summed E-state index contributed by atoms with van der Waals surface area (Å²) in [4.78, 5) is 15.3. The maximum Gasteiger partial charge on any atom is 0.245 e. The van der Waals surface area contributed by atoms with E-state index in [-0.39, 0.29) is 18.3 Å². The summed E-state index contributed by atoms with van der Waals surface area (Å²) >= 11 is 0. The Morgan fingerprint density at radius 3 is 2.00 bits per heavy atom. The summed E-state index contributed by atoms with van der Waals surface area (Å²) in [6, 6.07) is 16.4.